The zero-order valence-electron chi connectivity index (χ0n) is 26.3. The summed E-state index contributed by atoms with van der Waals surface area (Å²) in [5.74, 6) is 1.80. The Morgan fingerprint density at radius 1 is 0.333 bits per heavy atom. The molecule has 1 aliphatic rings. The van der Waals surface area contributed by atoms with Crippen LogP contribution in [0, 0.1) is 0 Å². The summed E-state index contributed by atoms with van der Waals surface area (Å²) in [6, 6.07) is 66.9. The van der Waals surface area contributed by atoms with Crippen LogP contribution in [0.2, 0.25) is 0 Å². The molecular formula is C46H31NO. The zero-order chi connectivity index (χ0) is 31.9. The molecule has 226 valence electrons. The van der Waals surface area contributed by atoms with Crippen LogP contribution >= 0.6 is 0 Å². The van der Waals surface area contributed by atoms with Crippen LogP contribution in [-0.2, 0) is 0 Å². The van der Waals surface area contributed by atoms with E-state index in [0.717, 1.165) is 45.1 Å². The molecule has 0 unspecified atom stereocenters. The maximum absolute atomic E-state index is 6.41. The van der Waals surface area contributed by atoms with Crippen molar-refractivity contribution in [3.8, 4) is 56.0 Å². The number of nitrogens with zero attached hydrogens (tertiary/aromatic N) is 1. The fraction of sp³-hybridized carbons (Fsp3) is 0. The minimum absolute atomic E-state index is 0.899. The maximum Gasteiger partial charge on any atom is 0.135 e. The van der Waals surface area contributed by atoms with E-state index in [9.17, 15) is 0 Å². The van der Waals surface area contributed by atoms with Crippen LogP contribution in [0.15, 0.2) is 188 Å². The topological polar surface area (TPSA) is 12.5 Å². The molecule has 8 aromatic carbocycles. The van der Waals surface area contributed by atoms with Crippen LogP contribution in [0.5, 0.6) is 11.5 Å². The molecule has 0 amide bonds. The smallest absolute Gasteiger partial charge is 0.135 e. The van der Waals surface area contributed by atoms with Gasteiger partial charge in [0.05, 0.1) is 5.69 Å². The van der Waals surface area contributed by atoms with Gasteiger partial charge >= 0.3 is 0 Å². The quantitative estimate of drug-likeness (QED) is 0.185. The van der Waals surface area contributed by atoms with Crippen LogP contribution in [0.4, 0.5) is 17.1 Å². The van der Waals surface area contributed by atoms with Gasteiger partial charge in [-0.2, -0.15) is 0 Å². The van der Waals surface area contributed by atoms with Crippen molar-refractivity contribution < 1.29 is 4.74 Å². The molecule has 0 radical (unpaired) electrons. The summed E-state index contributed by atoms with van der Waals surface area (Å²) in [5, 5.41) is 2.34. The third-order valence-corrected chi connectivity index (χ3v) is 9.28. The first kappa shape index (κ1) is 27.9. The van der Waals surface area contributed by atoms with E-state index < -0.39 is 0 Å². The highest BCUT2D eigenvalue weighted by atomic mass is 16.5. The first-order valence-corrected chi connectivity index (χ1v) is 16.4. The Morgan fingerprint density at radius 2 is 0.958 bits per heavy atom. The number of rotatable bonds is 6. The molecule has 0 bridgehead atoms. The molecule has 0 fully saturated rings. The number of hydrogen-bond acceptors (Lipinski definition) is 2. The second kappa shape index (κ2) is 11.8. The predicted molar refractivity (Wildman–Crippen MR) is 200 cm³/mol. The highest BCUT2D eigenvalue weighted by Gasteiger charge is 2.22. The first-order chi connectivity index (χ1) is 23.8. The standard InChI is InChI=1S/C46H31NO/c1-3-13-32(14-4-1)33-25-27-36(28-26-33)47(43-23-9-7-19-39(43)34-15-5-2-6-16-34)37-18-11-17-35(31-37)38-29-30-45-46-41(38)21-12-22-42(46)40-20-8-10-24-44(40)48-45/h1-31H. The van der Waals surface area contributed by atoms with Gasteiger partial charge in [-0.05, 0) is 81.2 Å². The van der Waals surface area contributed by atoms with Gasteiger partial charge in [-0.25, -0.2) is 0 Å². The first-order valence-electron chi connectivity index (χ1n) is 16.4. The van der Waals surface area contributed by atoms with Gasteiger partial charge in [0.15, 0.2) is 0 Å². The monoisotopic (exact) mass is 613 g/mol. The molecule has 9 rings (SSSR count). The number of fused-ring (bicyclic) bond motifs is 2. The Balaban J connectivity index is 1.21. The molecule has 1 heterocycles. The third-order valence-electron chi connectivity index (χ3n) is 9.28. The lowest BCUT2D eigenvalue weighted by atomic mass is 9.90. The highest BCUT2D eigenvalue weighted by molar-refractivity contribution is 6.10. The Labute approximate surface area is 280 Å². The molecule has 0 saturated carbocycles. The fourth-order valence-electron chi connectivity index (χ4n) is 7.04. The summed E-state index contributed by atoms with van der Waals surface area (Å²) in [7, 11) is 0. The number of para-hydroxylation sites is 2. The van der Waals surface area contributed by atoms with Crippen LogP contribution in [0.1, 0.15) is 0 Å². The van der Waals surface area contributed by atoms with Crippen molar-refractivity contribution in [2.45, 2.75) is 0 Å². The average molecular weight is 614 g/mol. The third kappa shape index (κ3) is 4.83. The van der Waals surface area contributed by atoms with E-state index in [2.05, 4.69) is 181 Å². The molecule has 8 aromatic rings. The van der Waals surface area contributed by atoms with Gasteiger partial charge in [0.1, 0.15) is 11.5 Å². The van der Waals surface area contributed by atoms with Gasteiger partial charge in [-0.15, -0.1) is 0 Å². The number of ether oxygens (including phenoxy) is 1. The Hall–Kier alpha value is -6.38. The molecule has 0 saturated heterocycles. The summed E-state index contributed by atoms with van der Waals surface area (Å²) in [6.07, 6.45) is 0. The number of anilines is 3. The van der Waals surface area contributed by atoms with Gasteiger partial charge in [0.2, 0.25) is 0 Å². The normalized spacial score (nSPS) is 11.5. The predicted octanol–water partition coefficient (Wildman–Crippen LogP) is 13.1. The summed E-state index contributed by atoms with van der Waals surface area (Å²) < 4.78 is 6.41. The zero-order valence-corrected chi connectivity index (χ0v) is 26.3. The molecule has 2 heteroatoms. The lowest BCUT2D eigenvalue weighted by molar-refractivity contribution is 0.487. The van der Waals surface area contributed by atoms with E-state index in [1.54, 1.807) is 0 Å². The molecule has 0 aliphatic carbocycles. The van der Waals surface area contributed by atoms with E-state index in [0.29, 0.717) is 0 Å². The molecule has 2 nitrogen and oxygen atoms in total. The SMILES string of the molecule is c1ccc(-c2ccc(N(c3cccc(-c4ccc5c6c(cccc46)-c4ccccc4O5)c3)c3ccccc3-c3ccccc3)cc2)cc1. The van der Waals surface area contributed by atoms with Crippen molar-refractivity contribution in [2.75, 3.05) is 4.90 Å². The van der Waals surface area contributed by atoms with Crippen molar-refractivity contribution >= 4 is 27.8 Å². The summed E-state index contributed by atoms with van der Waals surface area (Å²) in [6.45, 7) is 0. The highest BCUT2D eigenvalue weighted by Crippen LogP contribution is 2.49. The summed E-state index contributed by atoms with van der Waals surface area (Å²) >= 11 is 0. The lowest BCUT2D eigenvalue weighted by Crippen LogP contribution is -2.11. The van der Waals surface area contributed by atoms with Crippen LogP contribution in [0.3, 0.4) is 0 Å². The fourth-order valence-corrected chi connectivity index (χ4v) is 7.04. The molecule has 0 spiro atoms. The largest absolute Gasteiger partial charge is 0.456 e. The molecule has 0 N–H and O–H groups in total. The molecule has 0 aromatic heterocycles. The molecular weight excluding hydrogens is 583 g/mol. The Morgan fingerprint density at radius 3 is 1.77 bits per heavy atom. The maximum atomic E-state index is 6.41. The van der Waals surface area contributed by atoms with Gasteiger partial charge < -0.3 is 9.64 Å². The van der Waals surface area contributed by atoms with E-state index in [-0.39, 0.29) is 0 Å². The minimum Gasteiger partial charge on any atom is -0.456 e. The van der Waals surface area contributed by atoms with E-state index >= 15 is 0 Å². The molecule has 0 atom stereocenters. The van der Waals surface area contributed by atoms with Crippen molar-refractivity contribution in [1.82, 2.24) is 0 Å². The second-order valence-corrected chi connectivity index (χ2v) is 12.1. The summed E-state index contributed by atoms with van der Waals surface area (Å²) in [4.78, 5) is 2.38. The molecule has 48 heavy (non-hydrogen) atoms. The van der Waals surface area contributed by atoms with E-state index in [4.69, 9.17) is 4.74 Å². The lowest BCUT2D eigenvalue weighted by Gasteiger charge is -2.28. The Bertz CT molecular complexity index is 2410. The molecule has 1 aliphatic heterocycles. The van der Waals surface area contributed by atoms with Crippen LogP contribution in [-0.4, -0.2) is 0 Å². The second-order valence-electron chi connectivity index (χ2n) is 12.1. The van der Waals surface area contributed by atoms with Crippen molar-refractivity contribution in [3.05, 3.63) is 188 Å². The van der Waals surface area contributed by atoms with Crippen molar-refractivity contribution in [3.63, 3.8) is 0 Å². The number of benzene rings is 8. The van der Waals surface area contributed by atoms with E-state index in [1.807, 2.05) is 12.1 Å². The van der Waals surface area contributed by atoms with Gasteiger partial charge in [0, 0.05) is 27.9 Å². The van der Waals surface area contributed by atoms with E-state index in [1.165, 1.54) is 38.8 Å². The van der Waals surface area contributed by atoms with Gasteiger partial charge in [0.25, 0.3) is 0 Å². The van der Waals surface area contributed by atoms with Crippen LogP contribution in [0.25, 0.3) is 55.3 Å². The summed E-state index contributed by atoms with van der Waals surface area (Å²) in [5.41, 5.74) is 12.7. The van der Waals surface area contributed by atoms with Crippen molar-refractivity contribution in [2.24, 2.45) is 0 Å². The number of hydrogen-bond donors (Lipinski definition) is 0. The van der Waals surface area contributed by atoms with Crippen molar-refractivity contribution in [1.29, 1.82) is 0 Å². The van der Waals surface area contributed by atoms with Gasteiger partial charge in [-0.1, -0.05) is 146 Å². The Kier molecular flexibility index (Phi) is 6.84. The minimum atomic E-state index is 0.899. The average Bonchev–Trinajstić information content (AvgIpc) is 3.16. The van der Waals surface area contributed by atoms with Gasteiger partial charge in [-0.3, -0.25) is 0 Å². The van der Waals surface area contributed by atoms with Crippen LogP contribution < -0.4 is 9.64 Å².